The summed E-state index contributed by atoms with van der Waals surface area (Å²) < 4.78 is 2.04. The maximum Gasteiger partial charge on any atom is 0.160 e. The average Bonchev–Trinajstić information content (AvgIpc) is 2.93. The molecule has 0 unspecified atom stereocenters. The molecule has 0 bridgehead atoms. The molecule has 1 aliphatic rings. The summed E-state index contributed by atoms with van der Waals surface area (Å²) in [5, 5.41) is 6.39. The standard InChI is InChI=1S/C13H17ClN4/c1-9(2)18-11-7-12(14)15-8-10(11)13(16-18)17-5-3-4-6-17/h7-9H,3-6H2,1-2H3. The minimum Gasteiger partial charge on any atom is -0.355 e. The van der Waals surface area contributed by atoms with E-state index in [1.54, 1.807) is 0 Å². The van der Waals surface area contributed by atoms with Crippen LogP contribution in [0.3, 0.4) is 0 Å². The number of pyridine rings is 1. The Balaban J connectivity index is 2.19. The highest BCUT2D eigenvalue weighted by molar-refractivity contribution is 6.30. The van der Waals surface area contributed by atoms with Crippen LogP contribution < -0.4 is 4.90 Å². The maximum absolute atomic E-state index is 6.00. The molecule has 0 saturated carbocycles. The van der Waals surface area contributed by atoms with E-state index in [9.17, 15) is 0 Å². The smallest absolute Gasteiger partial charge is 0.160 e. The topological polar surface area (TPSA) is 34.0 Å². The van der Waals surface area contributed by atoms with Crippen LogP contribution in [-0.2, 0) is 0 Å². The summed E-state index contributed by atoms with van der Waals surface area (Å²) in [6.45, 7) is 6.45. The van der Waals surface area contributed by atoms with E-state index in [1.807, 2.05) is 16.9 Å². The first-order valence-corrected chi connectivity index (χ1v) is 6.83. The number of hydrogen-bond acceptors (Lipinski definition) is 3. The molecule has 0 N–H and O–H groups in total. The first kappa shape index (κ1) is 11.8. The van der Waals surface area contributed by atoms with Crippen LogP contribution in [0.4, 0.5) is 5.82 Å². The fourth-order valence-electron chi connectivity index (χ4n) is 2.55. The number of aromatic nitrogens is 3. The minimum atomic E-state index is 0.322. The molecule has 1 fully saturated rings. The Labute approximate surface area is 112 Å². The van der Waals surface area contributed by atoms with E-state index < -0.39 is 0 Å². The van der Waals surface area contributed by atoms with Gasteiger partial charge in [0, 0.05) is 31.4 Å². The Morgan fingerprint density at radius 2 is 2.00 bits per heavy atom. The lowest BCUT2D eigenvalue weighted by molar-refractivity contribution is 0.549. The third-order valence-electron chi connectivity index (χ3n) is 3.43. The first-order valence-electron chi connectivity index (χ1n) is 6.45. The second kappa shape index (κ2) is 4.43. The van der Waals surface area contributed by atoms with Gasteiger partial charge in [0.05, 0.1) is 10.9 Å². The zero-order valence-electron chi connectivity index (χ0n) is 10.7. The van der Waals surface area contributed by atoms with Crippen molar-refractivity contribution in [2.45, 2.75) is 32.7 Å². The van der Waals surface area contributed by atoms with Crippen molar-refractivity contribution in [1.82, 2.24) is 14.8 Å². The molecule has 3 rings (SSSR count). The van der Waals surface area contributed by atoms with Crippen LogP contribution in [0, 0.1) is 0 Å². The van der Waals surface area contributed by atoms with Crippen LogP contribution in [0.1, 0.15) is 32.7 Å². The molecule has 0 aromatic carbocycles. The van der Waals surface area contributed by atoms with Crippen molar-refractivity contribution >= 4 is 28.3 Å². The molecule has 0 spiro atoms. The van der Waals surface area contributed by atoms with Gasteiger partial charge >= 0.3 is 0 Å². The van der Waals surface area contributed by atoms with E-state index in [4.69, 9.17) is 16.7 Å². The normalized spacial score (nSPS) is 16.1. The lowest BCUT2D eigenvalue weighted by atomic mass is 10.3. The van der Waals surface area contributed by atoms with E-state index in [2.05, 4.69) is 23.7 Å². The van der Waals surface area contributed by atoms with Crippen LogP contribution in [-0.4, -0.2) is 27.9 Å². The zero-order valence-corrected chi connectivity index (χ0v) is 11.5. The summed E-state index contributed by atoms with van der Waals surface area (Å²) in [4.78, 5) is 6.54. The van der Waals surface area contributed by atoms with Crippen LogP contribution >= 0.6 is 11.6 Å². The van der Waals surface area contributed by atoms with E-state index in [0.717, 1.165) is 29.8 Å². The van der Waals surface area contributed by atoms with Gasteiger partial charge in [-0.2, -0.15) is 5.10 Å². The molecular weight excluding hydrogens is 248 g/mol. The van der Waals surface area contributed by atoms with Crippen molar-refractivity contribution in [3.8, 4) is 0 Å². The SMILES string of the molecule is CC(C)n1nc(N2CCCC2)c2cnc(Cl)cc21. The second-order valence-corrected chi connectivity index (χ2v) is 5.47. The van der Waals surface area contributed by atoms with Crippen LogP contribution in [0.25, 0.3) is 10.9 Å². The predicted octanol–water partition coefficient (Wildman–Crippen LogP) is 3.27. The highest BCUT2D eigenvalue weighted by Crippen LogP contribution is 2.30. The summed E-state index contributed by atoms with van der Waals surface area (Å²) in [6, 6.07) is 2.23. The van der Waals surface area contributed by atoms with Gasteiger partial charge in [0.15, 0.2) is 5.82 Å². The number of halogens is 1. The lowest BCUT2D eigenvalue weighted by Crippen LogP contribution is -2.18. The van der Waals surface area contributed by atoms with E-state index >= 15 is 0 Å². The molecule has 2 aromatic heterocycles. The molecule has 2 aromatic rings. The fraction of sp³-hybridized carbons (Fsp3) is 0.538. The first-order chi connectivity index (χ1) is 8.66. The van der Waals surface area contributed by atoms with Crippen molar-refractivity contribution in [1.29, 1.82) is 0 Å². The van der Waals surface area contributed by atoms with Gasteiger partial charge in [-0.25, -0.2) is 4.98 Å². The molecule has 0 amide bonds. The summed E-state index contributed by atoms with van der Waals surface area (Å²) in [5.74, 6) is 1.06. The molecule has 1 saturated heterocycles. The van der Waals surface area contributed by atoms with Gasteiger partial charge in [-0.3, -0.25) is 4.68 Å². The minimum absolute atomic E-state index is 0.322. The largest absolute Gasteiger partial charge is 0.355 e. The Bertz CT molecular complexity index is 570. The third kappa shape index (κ3) is 1.85. The maximum atomic E-state index is 6.00. The van der Waals surface area contributed by atoms with Crippen molar-refractivity contribution in [3.63, 3.8) is 0 Å². The van der Waals surface area contributed by atoms with Crippen LogP contribution in [0.2, 0.25) is 5.15 Å². The van der Waals surface area contributed by atoms with E-state index in [0.29, 0.717) is 11.2 Å². The van der Waals surface area contributed by atoms with Gasteiger partial charge in [-0.05, 0) is 26.7 Å². The number of rotatable bonds is 2. The predicted molar refractivity (Wildman–Crippen MR) is 74.4 cm³/mol. The number of nitrogens with zero attached hydrogens (tertiary/aromatic N) is 4. The summed E-state index contributed by atoms with van der Waals surface area (Å²) in [5.41, 5.74) is 1.08. The van der Waals surface area contributed by atoms with Gasteiger partial charge in [-0.1, -0.05) is 11.6 Å². The van der Waals surface area contributed by atoms with Gasteiger partial charge in [0.25, 0.3) is 0 Å². The molecule has 0 atom stereocenters. The average molecular weight is 265 g/mol. The van der Waals surface area contributed by atoms with E-state index in [1.165, 1.54) is 12.8 Å². The molecule has 18 heavy (non-hydrogen) atoms. The fourth-order valence-corrected chi connectivity index (χ4v) is 2.70. The highest BCUT2D eigenvalue weighted by Gasteiger charge is 2.21. The molecule has 0 radical (unpaired) electrons. The third-order valence-corrected chi connectivity index (χ3v) is 3.64. The molecule has 4 nitrogen and oxygen atoms in total. The molecule has 96 valence electrons. The molecule has 1 aliphatic heterocycles. The van der Waals surface area contributed by atoms with Crippen molar-refractivity contribution in [2.24, 2.45) is 0 Å². The van der Waals surface area contributed by atoms with Gasteiger partial charge in [0.1, 0.15) is 5.15 Å². The lowest BCUT2D eigenvalue weighted by Gasteiger charge is -2.14. The van der Waals surface area contributed by atoms with E-state index in [-0.39, 0.29) is 0 Å². The van der Waals surface area contributed by atoms with Gasteiger partial charge in [-0.15, -0.1) is 0 Å². The summed E-state index contributed by atoms with van der Waals surface area (Å²) in [6.07, 6.45) is 4.34. The second-order valence-electron chi connectivity index (χ2n) is 5.08. The molecule has 3 heterocycles. The summed E-state index contributed by atoms with van der Waals surface area (Å²) >= 11 is 6.00. The molecular formula is C13H17ClN4. The Hall–Kier alpha value is -1.29. The van der Waals surface area contributed by atoms with Gasteiger partial charge in [0.2, 0.25) is 0 Å². The molecule has 5 heteroatoms. The summed E-state index contributed by atoms with van der Waals surface area (Å²) in [7, 11) is 0. The van der Waals surface area contributed by atoms with Crippen LogP contribution in [0.5, 0.6) is 0 Å². The number of hydrogen-bond donors (Lipinski definition) is 0. The number of anilines is 1. The van der Waals surface area contributed by atoms with Crippen molar-refractivity contribution in [3.05, 3.63) is 17.4 Å². The Morgan fingerprint density at radius 1 is 1.28 bits per heavy atom. The Kier molecular flexibility index (Phi) is 2.90. The number of fused-ring (bicyclic) bond motifs is 1. The van der Waals surface area contributed by atoms with Crippen molar-refractivity contribution < 1.29 is 0 Å². The van der Waals surface area contributed by atoms with Crippen molar-refractivity contribution in [2.75, 3.05) is 18.0 Å². The Morgan fingerprint density at radius 3 is 2.67 bits per heavy atom. The van der Waals surface area contributed by atoms with Crippen LogP contribution in [0.15, 0.2) is 12.3 Å². The van der Waals surface area contributed by atoms with Gasteiger partial charge < -0.3 is 4.90 Å². The zero-order chi connectivity index (χ0) is 12.7. The quantitative estimate of drug-likeness (QED) is 0.781. The highest BCUT2D eigenvalue weighted by atomic mass is 35.5. The molecule has 0 aliphatic carbocycles. The monoisotopic (exact) mass is 264 g/mol.